The summed E-state index contributed by atoms with van der Waals surface area (Å²) in [5.74, 6) is -0.732. The van der Waals surface area contributed by atoms with Crippen LogP contribution in [0, 0.1) is 10.1 Å². The van der Waals surface area contributed by atoms with Crippen LogP contribution in [0.1, 0.15) is 18.1 Å². The van der Waals surface area contributed by atoms with Gasteiger partial charge in [0.1, 0.15) is 17.7 Å². The van der Waals surface area contributed by atoms with E-state index in [4.69, 9.17) is 21.1 Å². The third-order valence-electron chi connectivity index (χ3n) is 4.81. The molecule has 1 aliphatic rings. The Morgan fingerprint density at radius 1 is 1.13 bits per heavy atom. The summed E-state index contributed by atoms with van der Waals surface area (Å²) in [5, 5.41) is 10.9. The number of nitro groups is 1. The van der Waals surface area contributed by atoms with E-state index in [1.165, 1.54) is 4.90 Å². The fraction of sp³-hybridized carbons (Fsp3) is 0.333. The lowest BCUT2D eigenvalue weighted by atomic mass is 9.93. The van der Waals surface area contributed by atoms with Gasteiger partial charge in [-0.05, 0) is 17.7 Å². The maximum Gasteiger partial charge on any atom is 0.321 e. The van der Waals surface area contributed by atoms with Gasteiger partial charge in [-0.1, -0.05) is 48.5 Å². The fourth-order valence-electron chi connectivity index (χ4n) is 3.36. The van der Waals surface area contributed by atoms with E-state index in [0.717, 1.165) is 0 Å². The molecule has 0 saturated carbocycles. The van der Waals surface area contributed by atoms with E-state index in [-0.39, 0.29) is 31.3 Å². The van der Waals surface area contributed by atoms with Gasteiger partial charge in [-0.2, -0.15) is 0 Å². The van der Waals surface area contributed by atoms with E-state index in [9.17, 15) is 19.7 Å². The molecule has 0 N–H and O–H groups in total. The zero-order chi connectivity index (χ0) is 21.5. The number of rotatable bonds is 10. The molecular formula is C21H21ClN2O6. The van der Waals surface area contributed by atoms with Crippen LogP contribution in [0.15, 0.2) is 60.7 Å². The monoisotopic (exact) mass is 432 g/mol. The molecule has 0 aliphatic carbocycles. The van der Waals surface area contributed by atoms with Gasteiger partial charge in [-0.15, -0.1) is 11.6 Å². The summed E-state index contributed by atoms with van der Waals surface area (Å²) in [6.45, 7) is -0.247. The van der Waals surface area contributed by atoms with Crippen LogP contribution >= 0.6 is 11.6 Å². The summed E-state index contributed by atoms with van der Waals surface area (Å²) in [6, 6.07) is 17.3. The van der Waals surface area contributed by atoms with Crippen LogP contribution in [-0.2, 0) is 14.3 Å². The standard InChI is InChI=1S/C21H21ClN2O6/c22-13-19(25)30-18(15-7-3-1-4-8-15)14-23-17(11-12-24(27)28)20(21(23)26)29-16-9-5-2-6-10-16/h1-10,17-18,20H,11-14H2/t17-,18?,20+/m1/s1. The highest BCUT2D eigenvalue weighted by atomic mass is 35.5. The zero-order valence-corrected chi connectivity index (χ0v) is 16.8. The number of β-lactam (4-membered cyclic amide) rings is 1. The number of nitrogens with zero attached hydrogens (tertiary/aromatic N) is 2. The van der Waals surface area contributed by atoms with Crippen LogP contribution in [0.25, 0.3) is 0 Å². The Morgan fingerprint density at radius 3 is 2.37 bits per heavy atom. The molecule has 0 bridgehead atoms. The lowest BCUT2D eigenvalue weighted by molar-refractivity contribution is -0.482. The molecule has 1 aliphatic heterocycles. The number of benzene rings is 2. The van der Waals surface area contributed by atoms with Crippen molar-refractivity contribution in [3.8, 4) is 5.75 Å². The highest BCUT2D eigenvalue weighted by molar-refractivity contribution is 6.26. The van der Waals surface area contributed by atoms with Gasteiger partial charge in [0.2, 0.25) is 6.54 Å². The Hall–Kier alpha value is -3.13. The number of alkyl halides is 1. The summed E-state index contributed by atoms with van der Waals surface area (Å²) in [4.78, 5) is 36.5. The molecule has 1 heterocycles. The number of hydrogen-bond acceptors (Lipinski definition) is 6. The minimum Gasteiger partial charge on any atom is -0.478 e. The Morgan fingerprint density at radius 2 is 1.77 bits per heavy atom. The van der Waals surface area contributed by atoms with E-state index >= 15 is 0 Å². The Balaban J connectivity index is 1.77. The van der Waals surface area contributed by atoms with Crippen molar-refractivity contribution in [3.05, 3.63) is 76.3 Å². The molecule has 0 aromatic heterocycles. The number of hydrogen-bond donors (Lipinski definition) is 0. The number of halogens is 1. The number of esters is 1. The third kappa shape index (κ3) is 5.27. The molecule has 0 radical (unpaired) electrons. The van der Waals surface area contributed by atoms with Crippen LogP contribution < -0.4 is 4.74 Å². The van der Waals surface area contributed by atoms with Crippen molar-refractivity contribution in [2.45, 2.75) is 24.7 Å². The molecule has 8 nitrogen and oxygen atoms in total. The maximum atomic E-state index is 12.8. The second-order valence-electron chi connectivity index (χ2n) is 6.78. The first-order valence-electron chi connectivity index (χ1n) is 9.44. The van der Waals surface area contributed by atoms with Gasteiger partial charge in [0, 0.05) is 11.3 Å². The molecule has 2 aromatic rings. The number of likely N-dealkylation sites (tertiary alicyclic amines) is 1. The quantitative estimate of drug-likeness (QED) is 0.188. The molecule has 1 saturated heterocycles. The molecule has 0 spiro atoms. The molecule has 30 heavy (non-hydrogen) atoms. The predicted molar refractivity (Wildman–Crippen MR) is 109 cm³/mol. The van der Waals surface area contributed by atoms with Gasteiger partial charge >= 0.3 is 5.97 Å². The Kier molecular flexibility index (Phi) is 7.24. The van der Waals surface area contributed by atoms with Gasteiger partial charge in [0.25, 0.3) is 5.91 Å². The second-order valence-corrected chi connectivity index (χ2v) is 7.04. The van der Waals surface area contributed by atoms with Crippen molar-refractivity contribution >= 4 is 23.5 Å². The minimum atomic E-state index is -0.826. The molecule has 3 rings (SSSR count). The lowest BCUT2D eigenvalue weighted by Crippen LogP contribution is -2.68. The normalized spacial score (nSPS) is 19.0. The van der Waals surface area contributed by atoms with Crippen molar-refractivity contribution in [2.75, 3.05) is 19.0 Å². The van der Waals surface area contributed by atoms with Gasteiger partial charge in [0.15, 0.2) is 6.10 Å². The van der Waals surface area contributed by atoms with E-state index in [1.807, 2.05) is 12.1 Å². The average Bonchev–Trinajstić information content (AvgIpc) is 2.77. The average molecular weight is 433 g/mol. The number of carbonyl (C=O) groups excluding carboxylic acids is 2. The molecular weight excluding hydrogens is 412 g/mol. The van der Waals surface area contributed by atoms with Crippen LogP contribution in [0.3, 0.4) is 0 Å². The van der Waals surface area contributed by atoms with E-state index < -0.39 is 29.1 Å². The van der Waals surface area contributed by atoms with Crippen LogP contribution in [0.4, 0.5) is 0 Å². The smallest absolute Gasteiger partial charge is 0.321 e. The SMILES string of the molecule is O=C(CCl)OC(CN1C(=O)[C@@H](Oc2ccccc2)[C@H]1CC[N+](=O)[O-])c1ccccc1. The van der Waals surface area contributed by atoms with Crippen molar-refractivity contribution in [3.63, 3.8) is 0 Å². The summed E-state index contributed by atoms with van der Waals surface area (Å²) < 4.78 is 11.2. The highest BCUT2D eigenvalue weighted by Gasteiger charge is 2.50. The molecule has 1 fully saturated rings. The Bertz CT molecular complexity index is 880. The van der Waals surface area contributed by atoms with Gasteiger partial charge in [-0.3, -0.25) is 19.7 Å². The van der Waals surface area contributed by atoms with E-state index in [2.05, 4.69) is 0 Å². The van der Waals surface area contributed by atoms with E-state index in [0.29, 0.717) is 11.3 Å². The van der Waals surface area contributed by atoms with Gasteiger partial charge < -0.3 is 14.4 Å². The first-order chi connectivity index (χ1) is 14.5. The third-order valence-corrected chi connectivity index (χ3v) is 5.02. The van der Waals surface area contributed by atoms with Crippen molar-refractivity contribution in [2.24, 2.45) is 0 Å². The van der Waals surface area contributed by atoms with Crippen molar-refractivity contribution in [1.29, 1.82) is 0 Å². The van der Waals surface area contributed by atoms with Crippen LogP contribution in [0.2, 0.25) is 0 Å². The number of para-hydroxylation sites is 1. The molecule has 1 unspecified atom stereocenters. The fourth-order valence-corrected chi connectivity index (χ4v) is 3.43. The Labute approximate surface area is 178 Å². The number of amides is 1. The number of carbonyl (C=O) groups is 2. The minimum absolute atomic E-state index is 0.0580. The predicted octanol–water partition coefficient (Wildman–Crippen LogP) is 2.83. The maximum absolute atomic E-state index is 12.8. The molecule has 158 valence electrons. The largest absolute Gasteiger partial charge is 0.478 e. The van der Waals surface area contributed by atoms with Crippen molar-refractivity contribution in [1.82, 2.24) is 4.90 Å². The summed E-state index contributed by atoms with van der Waals surface area (Å²) in [6.07, 6.45) is -1.44. The lowest BCUT2D eigenvalue weighted by Gasteiger charge is -2.47. The van der Waals surface area contributed by atoms with E-state index in [1.54, 1.807) is 48.5 Å². The summed E-state index contributed by atoms with van der Waals surface area (Å²) in [7, 11) is 0. The summed E-state index contributed by atoms with van der Waals surface area (Å²) in [5.41, 5.74) is 0.698. The second kappa shape index (κ2) is 10.1. The topological polar surface area (TPSA) is 99.0 Å². The number of ether oxygens (including phenoxy) is 2. The van der Waals surface area contributed by atoms with Crippen LogP contribution in [0.5, 0.6) is 5.75 Å². The molecule has 1 amide bonds. The first kappa shape index (κ1) is 21.6. The highest BCUT2D eigenvalue weighted by Crippen LogP contribution is 2.31. The van der Waals surface area contributed by atoms with Crippen LogP contribution in [-0.4, -0.2) is 52.8 Å². The van der Waals surface area contributed by atoms with Gasteiger partial charge in [-0.25, -0.2) is 0 Å². The summed E-state index contributed by atoms with van der Waals surface area (Å²) >= 11 is 5.57. The van der Waals surface area contributed by atoms with Gasteiger partial charge in [0.05, 0.1) is 12.6 Å². The molecule has 2 aromatic carbocycles. The molecule has 3 atom stereocenters. The zero-order valence-electron chi connectivity index (χ0n) is 16.1. The molecule has 9 heteroatoms. The van der Waals surface area contributed by atoms with Crippen molar-refractivity contribution < 1.29 is 24.0 Å². The first-order valence-corrected chi connectivity index (χ1v) is 9.97.